The summed E-state index contributed by atoms with van der Waals surface area (Å²) in [6, 6.07) is 18.1. The molecule has 0 bridgehead atoms. The predicted molar refractivity (Wildman–Crippen MR) is 99.5 cm³/mol. The number of aryl methyl sites for hydroxylation is 2. The van der Waals surface area contributed by atoms with Gasteiger partial charge in [-0.1, -0.05) is 36.4 Å². The maximum atomic E-state index is 11.4. The molecule has 0 radical (unpaired) electrons. The molecular formula is C19H21N3OS. The molecule has 0 saturated heterocycles. The summed E-state index contributed by atoms with van der Waals surface area (Å²) in [5.41, 5.74) is 4.47. The highest BCUT2D eigenvalue weighted by molar-refractivity contribution is 7.84. The fraction of sp³-hybridized carbons (Fsp3) is 0.211. The highest BCUT2D eigenvalue weighted by Crippen LogP contribution is 2.24. The predicted octanol–water partition coefficient (Wildman–Crippen LogP) is 3.75. The monoisotopic (exact) mass is 339 g/mol. The first-order chi connectivity index (χ1) is 11.5. The van der Waals surface area contributed by atoms with Gasteiger partial charge in [0.2, 0.25) is 0 Å². The van der Waals surface area contributed by atoms with E-state index in [1.165, 1.54) is 5.56 Å². The lowest BCUT2D eigenvalue weighted by atomic mass is 10.1. The Bertz CT molecular complexity index is 869. The van der Waals surface area contributed by atoms with Gasteiger partial charge in [0.1, 0.15) is 5.82 Å². The van der Waals surface area contributed by atoms with Crippen LogP contribution in [0.4, 0.5) is 5.82 Å². The molecule has 1 aromatic heterocycles. The number of nitrogens with one attached hydrogen (secondary N) is 1. The van der Waals surface area contributed by atoms with E-state index in [1.54, 1.807) is 6.26 Å². The molecule has 1 atom stereocenters. The van der Waals surface area contributed by atoms with Crippen LogP contribution in [0.3, 0.4) is 0 Å². The van der Waals surface area contributed by atoms with Crippen molar-refractivity contribution < 1.29 is 4.21 Å². The molecule has 0 aliphatic rings. The Morgan fingerprint density at radius 3 is 2.50 bits per heavy atom. The molecule has 124 valence electrons. The summed E-state index contributed by atoms with van der Waals surface area (Å²) in [5, 5.41) is 8.02. The molecule has 1 unspecified atom stereocenters. The molecule has 5 heteroatoms. The molecule has 2 aromatic carbocycles. The van der Waals surface area contributed by atoms with Crippen molar-refractivity contribution in [2.45, 2.75) is 18.4 Å². The Morgan fingerprint density at radius 1 is 1.12 bits per heavy atom. The zero-order valence-electron chi connectivity index (χ0n) is 14.1. The number of benzene rings is 2. The van der Waals surface area contributed by atoms with Gasteiger partial charge in [0.05, 0.1) is 5.69 Å². The fourth-order valence-corrected chi connectivity index (χ4v) is 3.14. The van der Waals surface area contributed by atoms with Gasteiger partial charge in [-0.25, -0.2) is 0 Å². The summed E-state index contributed by atoms with van der Waals surface area (Å²) in [7, 11) is 1.00. The molecule has 3 aromatic rings. The molecule has 0 aliphatic heterocycles. The van der Waals surface area contributed by atoms with E-state index >= 15 is 0 Å². The van der Waals surface area contributed by atoms with E-state index in [0.29, 0.717) is 6.54 Å². The number of hydrogen-bond acceptors (Lipinski definition) is 3. The van der Waals surface area contributed by atoms with E-state index in [2.05, 4.69) is 35.5 Å². The van der Waals surface area contributed by atoms with Crippen LogP contribution in [0.1, 0.15) is 11.1 Å². The van der Waals surface area contributed by atoms with E-state index < -0.39 is 10.8 Å². The minimum absolute atomic E-state index is 0.698. The highest BCUT2D eigenvalue weighted by Gasteiger charge is 2.09. The summed E-state index contributed by atoms with van der Waals surface area (Å²) in [4.78, 5) is 0.848. The standard InChI is InChI=1S/C19H21N3OS/c1-14-6-4-5-7-17(14)18-12-19(22(2)21-18)20-13-15-8-10-16(11-9-15)24(3)23/h4-12,20H,13H2,1-3H3. The van der Waals surface area contributed by atoms with Crippen molar-refractivity contribution in [1.82, 2.24) is 9.78 Å². The largest absolute Gasteiger partial charge is 0.366 e. The molecule has 1 N–H and O–H groups in total. The second-order valence-electron chi connectivity index (χ2n) is 5.80. The normalized spacial score (nSPS) is 12.1. The van der Waals surface area contributed by atoms with Crippen molar-refractivity contribution in [3.8, 4) is 11.3 Å². The van der Waals surface area contributed by atoms with E-state index in [4.69, 9.17) is 0 Å². The van der Waals surface area contributed by atoms with Crippen molar-refractivity contribution in [3.05, 3.63) is 65.7 Å². The van der Waals surface area contributed by atoms with Crippen LogP contribution in [0.15, 0.2) is 59.5 Å². The minimum Gasteiger partial charge on any atom is -0.366 e. The average molecular weight is 339 g/mol. The lowest BCUT2D eigenvalue weighted by molar-refractivity contribution is 0.687. The smallest absolute Gasteiger partial charge is 0.124 e. The minimum atomic E-state index is -0.935. The second kappa shape index (κ2) is 7.01. The van der Waals surface area contributed by atoms with Crippen LogP contribution >= 0.6 is 0 Å². The van der Waals surface area contributed by atoms with Gasteiger partial charge in [0.15, 0.2) is 0 Å². The quantitative estimate of drug-likeness (QED) is 0.770. The number of nitrogens with zero attached hydrogens (tertiary/aromatic N) is 2. The molecule has 0 aliphatic carbocycles. The lowest BCUT2D eigenvalue weighted by Crippen LogP contribution is -2.04. The number of anilines is 1. The topological polar surface area (TPSA) is 46.9 Å². The zero-order chi connectivity index (χ0) is 17.1. The van der Waals surface area contributed by atoms with Crippen LogP contribution in [0.25, 0.3) is 11.3 Å². The Morgan fingerprint density at radius 2 is 1.83 bits per heavy atom. The van der Waals surface area contributed by atoms with Crippen LogP contribution in [-0.2, 0) is 24.4 Å². The second-order valence-corrected chi connectivity index (χ2v) is 7.18. The van der Waals surface area contributed by atoms with Gasteiger partial charge in [-0.2, -0.15) is 5.10 Å². The summed E-state index contributed by atoms with van der Waals surface area (Å²) < 4.78 is 13.3. The molecule has 1 heterocycles. The Hall–Kier alpha value is -2.40. The van der Waals surface area contributed by atoms with Gasteiger partial charge in [-0.3, -0.25) is 8.89 Å². The van der Waals surface area contributed by atoms with Gasteiger partial charge in [-0.15, -0.1) is 0 Å². The third-order valence-electron chi connectivity index (χ3n) is 4.03. The average Bonchev–Trinajstić information content (AvgIpc) is 2.94. The summed E-state index contributed by atoms with van der Waals surface area (Å²) in [5.74, 6) is 0.969. The van der Waals surface area contributed by atoms with Crippen LogP contribution < -0.4 is 5.32 Å². The molecule has 0 spiro atoms. The van der Waals surface area contributed by atoms with Crippen LogP contribution in [-0.4, -0.2) is 20.2 Å². The number of rotatable bonds is 5. The highest BCUT2D eigenvalue weighted by atomic mass is 32.2. The zero-order valence-corrected chi connectivity index (χ0v) is 14.9. The molecule has 4 nitrogen and oxygen atoms in total. The Kier molecular flexibility index (Phi) is 4.81. The van der Waals surface area contributed by atoms with Crippen molar-refractivity contribution in [2.24, 2.45) is 7.05 Å². The van der Waals surface area contributed by atoms with Crippen LogP contribution in [0.5, 0.6) is 0 Å². The van der Waals surface area contributed by atoms with E-state index in [-0.39, 0.29) is 0 Å². The van der Waals surface area contributed by atoms with Gasteiger partial charge in [0.25, 0.3) is 0 Å². The third kappa shape index (κ3) is 3.57. The summed E-state index contributed by atoms with van der Waals surface area (Å²) in [6.45, 7) is 2.79. The number of aromatic nitrogens is 2. The first kappa shape index (κ1) is 16.5. The van der Waals surface area contributed by atoms with Gasteiger partial charge >= 0.3 is 0 Å². The van der Waals surface area contributed by atoms with Crippen LogP contribution in [0.2, 0.25) is 0 Å². The SMILES string of the molecule is Cc1ccccc1-c1cc(NCc2ccc(S(C)=O)cc2)n(C)n1. The van der Waals surface area contributed by atoms with E-state index in [1.807, 2.05) is 48.1 Å². The van der Waals surface area contributed by atoms with E-state index in [9.17, 15) is 4.21 Å². The van der Waals surface area contributed by atoms with Crippen molar-refractivity contribution in [1.29, 1.82) is 0 Å². The van der Waals surface area contributed by atoms with Crippen molar-refractivity contribution in [2.75, 3.05) is 11.6 Å². The van der Waals surface area contributed by atoms with Crippen LogP contribution in [0, 0.1) is 6.92 Å². The maximum Gasteiger partial charge on any atom is 0.124 e. The molecule has 0 amide bonds. The summed E-state index contributed by atoms with van der Waals surface area (Å²) >= 11 is 0. The molecule has 3 rings (SSSR count). The third-order valence-corrected chi connectivity index (χ3v) is 4.97. The maximum absolute atomic E-state index is 11.4. The van der Waals surface area contributed by atoms with Gasteiger partial charge in [-0.05, 0) is 30.2 Å². The fourth-order valence-electron chi connectivity index (χ4n) is 2.62. The van der Waals surface area contributed by atoms with E-state index in [0.717, 1.165) is 27.5 Å². The molecule has 0 fully saturated rings. The lowest BCUT2D eigenvalue weighted by Gasteiger charge is -2.06. The van der Waals surface area contributed by atoms with Crippen molar-refractivity contribution in [3.63, 3.8) is 0 Å². The molecule has 0 saturated carbocycles. The first-order valence-corrected chi connectivity index (χ1v) is 9.36. The van der Waals surface area contributed by atoms with Gasteiger partial charge in [0, 0.05) is 47.2 Å². The van der Waals surface area contributed by atoms with Gasteiger partial charge < -0.3 is 5.32 Å². The summed E-state index contributed by atoms with van der Waals surface area (Å²) in [6.07, 6.45) is 1.69. The Balaban J connectivity index is 1.74. The van der Waals surface area contributed by atoms with Crippen molar-refractivity contribution >= 4 is 16.6 Å². The molecule has 24 heavy (non-hydrogen) atoms. The first-order valence-electron chi connectivity index (χ1n) is 7.81. The Labute approximate surface area is 145 Å². The molecular weight excluding hydrogens is 318 g/mol. The number of hydrogen-bond donors (Lipinski definition) is 1.